The molecule has 7 heteroatoms. The molecule has 3 rings (SSSR count). The fourth-order valence-corrected chi connectivity index (χ4v) is 2.96. The summed E-state index contributed by atoms with van der Waals surface area (Å²) in [4.78, 5) is 28.2. The lowest BCUT2D eigenvalue weighted by molar-refractivity contribution is -0.135. The van der Waals surface area contributed by atoms with Crippen LogP contribution in [0.2, 0.25) is 0 Å². The van der Waals surface area contributed by atoms with Gasteiger partial charge in [0.15, 0.2) is 11.5 Å². The van der Waals surface area contributed by atoms with Crippen LogP contribution in [0.15, 0.2) is 18.2 Å². The minimum absolute atomic E-state index is 0.0143. The molecular formula is C17H23N3O4. The van der Waals surface area contributed by atoms with Gasteiger partial charge >= 0.3 is 0 Å². The van der Waals surface area contributed by atoms with E-state index in [1.165, 1.54) is 0 Å². The highest BCUT2D eigenvalue weighted by molar-refractivity contribution is 5.90. The van der Waals surface area contributed by atoms with Gasteiger partial charge in [0.05, 0.1) is 0 Å². The van der Waals surface area contributed by atoms with E-state index in [0.717, 1.165) is 12.1 Å². The van der Waals surface area contributed by atoms with Crippen molar-refractivity contribution in [2.75, 3.05) is 34.0 Å². The van der Waals surface area contributed by atoms with E-state index in [4.69, 9.17) is 9.47 Å². The minimum atomic E-state index is -0.398. The van der Waals surface area contributed by atoms with Gasteiger partial charge in [0.25, 0.3) is 0 Å². The molecule has 1 saturated heterocycles. The van der Waals surface area contributed by atoms with Crippen molar-refractivity contribution in [3.8, 4) is 11.5 Å². The van der Waals surface area contributed by atoms with Crippen LogP contribution in [0, 0.1) is 0 Å². The fraction of sp³-hybridized carbons (Fsp3) is 0.529. The largest absolute Gasteiger partial charge is 0.454 e. The van der Waals surface area contributed by atoms with Crippen LogP contribution in [-0.4, -0.2) is 61.6 Å². The zero-order valence-electron chi connectivity index (χ0n) is 14.1. The molecule has 130 valence electrons. The van der Waals surface area contributed by atoms with Crippen LogP contribution in [-0.2, 0) is 16.1 Å². The number of rotatable bonds is 6. The predicted octanol–water partition coefficient (Wildman–Crippen LogP) is 0.584. The van der Waals surface area contributed by atoms with Crippen molar-refractivity contribution in [2.24, 2.45) is 0 Å². The third-order valence-electron chi connectivity index (χ3n) is 4.28. The van der Waals surface area contributed by atoms with Crippen LogP contribution >= 0.6 is 0 Å². The fourth-order valence-electron chi connectivity index (χ4n) is 2.96. The number of ether oxygens (including phenoxy) is 2. The summed E-state index contributed by atoms with van der Waals surface area (Å²) < 4.78 is 10.7. The number of likely N-dealkylation sites (N-methyl/N-ethyl adjacent to an activating group) is 1. The number of carbonyl (C=O) groups is 2. The number of carbonyl (C=O) groups excluding carboxylic acids is 2. The van der Waals surface area contributed by atoms with Crippen LogP contribution < -0.4 is 14.8 Å². The minimum Gasteiger partial charge on any atom is -0.454 e. The summed E-state index contributed by atoms with van der Waals surface area (Å²) in [6.45, 7) is 1.97. The molecule has 1 aromatic rings. The van der Waals surface area contributed by atoms with Crippen LogP contribution in [0.1, 0.15) is 18.4 Å². The molecule has 1 unspecified atom stereocenters. The number of hydrogen-bond acceptors (Lipinski definition) is 5. The molecule has 24 heavy (non-hydrogen) atoms. The normalized spacial score (nSPS) is 19.2. The van der Waals surface area contributed by atoms with Crippen molar-refractivity contribution >= 4 is 11.8 Å². The van der Waals surface area contributed by atoms with Crippen molar-refractivity contribution in [1.29, 1.82) is 0 Å². The van der Waals surface area contributed by atoms with Gasteiger partial charge in [0, 0.05) is 26.1 Å². The second kappa shape index (κ2) is 7.09. The molecule has 2 amide bonds. The SMILES string of the molecule is CN(C)CCNC(=O)C1CCC(=O)N1Cc1ccc2c(c1)OCO2. The summed E-state index contributed by atoms with van der Waals surface area (Å²) in [6, 6.07) is 5.21. The average Bonchev–Trinajstić information content (AvgIpc) is 3.14. The summed E-state index contributed by atoms with van der Waals surface area (Å²) in [7, 11) is 3.91. The molecule has 7 nitrogen and oxygen atoms in total. The highest BCUT2D eigenvalue weighted by Crippen LogP contribution is 2.33. The summed E-state index contributed by atoms with van der Waals surface area (Å²) in [5.74, 6) is 1.33. The summed E-state index contributed by atoms with van der Waals surface area (Å²) in [5, 5.41) is 2.91. The lowest BCUT2D eigenvalue weighted by Gasteiger charge is -2.24. The second-order valence-electron chi connectivity index (χ2n) is 6.36. The molecule has 2 aliphatic heterocycles. The first-order valence-corrected chi connectivity index (χ1v) is 8.15. The Labute approximate surface area is 141 Å². The Bertz CT molecular complexity index is 632. The number of amides is 2. The Morgan fingerprint density at radius 2 is 2.12 bits per heavy atom. The first kappa shape index (κ1) is 16.6. The van der Waals surface area contributed by atoms with E-state index in [9.17, 15) is 9.59 Å². The number of likely N-dealkylation sites (tertiary alicyclic amines) is 1. The van der Waals surface area contributed by atoms with Crippen molar-refractivity contribution < 1.29 is 19.1 Å². The maximum atomic E-state index is 12.4. The number of nitrogens with one attached hydrogen (secondary N) is 1. The van der Waals surface area contributed by atoms with E-state index in [2.05, 4.69) is 5.32 Å². The van der Waals surface area contributed by atoms with Gasteiger partial charge in [-0.3, -0.25) is 9.59 Å². The highest BCUT2D eigenvalue weighted by Gasteiger charge is 2.35. The van der Waals surface area contributed by atoms with Crippen LogP contribution in [0.3, 0.4) is 0 Å². The third kappa shape index (κ3) is 3.62. The molecule has 1 atom stereocenters. The third-order valence-corrected chi connectivity index (χ3v) is 4.28. The highest BCUT2D eigenvalue weighted by atomic mass is 16.7. The van der Waals surface area contributed by atoms with Crippen molar-refractivity contribution in [1.82, 2.24) is 15.1 Å². The van der Waals surface area contributed by atoms with Crippen LogP contribution in [0.5, 0.6) is 11.5 Å². The average molecular weight is 333 g/mol. The van der Waals surface area contributed by atoms with Gasteiger partial charge in [-0.2, -0.15) is 0 Å². The van der Waals surface area contributed by atoms with Gasteiger partial charge < -0.3 is 24.6 Å². The molecule has 1 N–H and O–H groups in total. The predicted molar refractivity (Wildman–Crippen MR) is 87.7 cm³/mol. The maximum Gasteiger partial charge on any atom is 0.242 e. The van der Waals surface area contributed by atoms with E-state index in [0.29, 0.717) is 37.4 Å². The zero-order valence-corrected chi connectivity index (χ0v) is 14.1. The van der Waals surface area contributed by atoms with Crippen molar-refractivity contribution in [3.05, 3.63) is 23.8 Å². The standard InChI is InChI=1S/C17H23N3O4/c1-19(2)8-7-18-17(22)13-4-6-16(21)20(13)10-12-3-5-14-15(9-12)24-11-23-14/h3,5,9,13H,4,6-8,10-11H2,1-2H3,(H,18,22). The van der Waals surface area contributed by atoms with Gasteiger partial charge in [0.1, 0.15) is 6.04 Å². The Hall–Kier alpha value is -2.28. The zero-order chi connectivity index (χ0) is 17.1. The smallest absolute Gasteiger partial charge is 0.242 e. The molecule has 1 fully saturated rings. The molecule has 0 aromatic heterocycles. The van der Waals surface area contributed by atoms with E-state index >= 15 is 0 Å². The molecular weight excluding hydrogens is 310 g/mol. The van der Waals surface area contributed by atoms with E-state index in [1.807, 2.05) is 37.2 Å². The molecule has 0 aliphatic carbocycles. The quantitative estimate of drug-likeness (QED) is 0.825. The number of nitrogens with zero attached hydrogens (tertiary/aromatic N) is 2. The number of fused-ring (bicyclic) bond motifs is 1. The maximum absolute atomic E-state index is 12.4. The van der Waals surface area contributed by atoms with Crippen LogP contribution in [0.4, 0.5) is 0 Å². The second-order valence-corrected chi connectivity index (χ2v) is 6.36. The van der Waals surface area contributed by atoms with Gasteiger partial charge in [-0.25, -0.2) is 0 Å². The molecule has 0 saturated carbocycles. The Kier molecular flexibility index (Phi) is 4.89. The van der Waals surface area contributed by atoms with E-state index in [-0.39, 0.29) is 18.6 Å². The first-order valence-electron chi connectivity index (χ1n) is 8.15. The van der Waals surface area contributed by atoms with Gasteiger partial charge in [-0.15, -0.1) is 0 Å². The molecule has 0 spiro atoms. The van der Waals surface area contributed by atoms with Gasteiger partial charge in [-0.05, 0) is 38.2 Å². The Morgan fingerprint density at radius 1 is 1.33 bits per heavy atom. The molecule has 2 aliphatic rings. The topological polar surface area (TPSA) is 71.1 Å². The first-order chi connectivity index (χ1) is 11.5. The summed E-state index contributed by atoms with van der Waals surface area (Å²) in [6.07, 6.45) is 0.980. The lowest BCUT2D eigenvalue weighted by atomic mass is 10.1. The molecule has 1 aromatic carbocycles. The number of benzene rings is 1. The Balaban J connectivity index is 1.64. The lowest BCUT2D eigenvalue weighted by Crippen LogP contribution is -2.45. The van der Waals surface area contributed by atoms with Gasteiger partial charge in [-0.1, -0.05) is 6.07 Å². The van der Waals surface area contributed by atoms with Crippen molar-refractivity contribution in [2.45, 2.75) is 25.4 Å². The van der Waals surface area contributed by atoms with Crippen molar-refractivity contribution in [3.63, 3.8) is 0 Å². The van der Waals surface area contributed by atoms with E-state index < -0.39 is 6.04 Å². The van der Waals surface area contributed by atoms with Gasteiger partial charge in [0.2, 0.25) is 18.6 Å². The summed E-state index contributed by atoms with van der Waals surface area (Å²) in [5.41, 5.74) is 0.931. The Morgan fingerprint density at radius 3 is 2.92 bits per heavy atom. The molecule has 0 bridgehead atoms. The monoisotopic (exact) mass is 333 g/mol. The number of hydrogen-bond donors (Lipinski definition) is 1. The van der Waals surface area contributed by atoms with Crippen LogP contribution in [0.25, 0.3) is 0 Å². The molecule has 0 radical (unpaired) electrons. The molecule has 2 heterocycles. The van der Waals surface area contributed by atoms with E-state index in [1.54, 1.807) is 4.90 Å². The summed E-state index contributed by atoms with van der Waals surface area (Å²) >= 11 is 0.